The number of nitrogens with zero attached hydrogens (tertiary/aromatic N) is 2. The van der Waals surface area contributed by atoms with Crippen molar-refractivity contribution in [3.63, 3.8) is 0 Å². The van der Waals surface area contributed by atoms with Crippen LogP contribution >= 0.6 is 0 Å². The number of benzene rings is 1. The first-order valence-corrected chi connectivity index (χ1v) is 11.2. The maximum atomic E-state index is 12.4. The lowest BCUT2D eigenvalue weighted by molar-refractivity contribution is 0.251. The molecule has 4 rings (SSSR count). The maximum Gasteiger partial charge on any atom is 0.319 e. The summed E-state index contributed by atoms with van der Waals surface area (Å²) in [7, 11) is -3.32. The Morgan fingerprint density at radius 2 is 1.86 bits per heavy atom. The van der Waals surface area contributed by atoms with Crippen molar-refractivity contribution in [3.05, 3.63) is 36.0 Å². The molecule has 0 spiro atoms. The molecule has 4 N–H and O–H groups in total. The number of anilines is 2. The molecule has 28 heavy (non-hydrogen) atoms. The molecule has 2 aliphatic rings. The highest BCUT2D eigenvalue weighted by atomic mass is 32.2. The van der Waals surface area contributed by atoms with Gasteiger partial charge in [0.05, 0.1) is 5.69 Å². The van der Waals surface area contributed by atoms with Crippen LogP contribution in [0.4, 0.5) is 16.3 Å². The molecule has 1 aromatic carbocycles. The summed E-state index contributed by atoms with van der Waals surface area (Å²) in [4.78, 5) is 20.6. The first-order chi connectivity index (χ1) is 13.3. The Morgan fingerprint density at radius 3 is 2.39 bits per heavy atom. The molecule has 8 nitrogen and oxygen atoms in total. The van der Waals surface area contributed by atoms with E-state index in [2.05, 4.69) is 20.6 Å². The minimum Gasteiger partial charge on any atom is -0.384 e. The maximum absolute atomic E-state index is 12.4. The standard InChI is InChI=1S/C19H23N5O3S/c1-28(26,27)19(9-2-10-19)15-11-16(20)24-17(23-15)12-3-5-13(6-4-12)21-18(25)22-14-7-8-14/h3-6,11,14H,2,7-10H2,1H3,(H2,20,23,24)(H2,21,22,25). The molecule has 0 saturated heterocycles. The van der Waals surface area contributed by atoms with Crippen molar-refractivity contribution in [3.8, 4) is 11.4 Å². The van der Waals surface area contributed by atoms with E-state index < -0.39 is 14.6 Å². The van der Waals surface area contributed by atoms with Crippen LogP contribution in [0.1, 0.15) is 37.8 Å². The summed E-state index contributed by atoms with van der Waals surface area (Å²) >= 11 is 0. The third kappa shape index (κ3) is 3.54. The number of hydrogen-bond donors (Lipinski definition) is 3. The summed E-state index contributed by atoms with van der Waals surface area (Å²) in [5.74, 6) is 0.611. The molecule has 2 fully saturated rings. The summed E-state index contributed by atoms with van der Waals surface area (Å²) < 4.78 is 23.8. The van der Waals surface area contributed by atoms with Crippen molar-refractivity contribution in [2.24, 2.45) is 0 Å². The number of sulfone groups is 1. The van der Waals surface area contributed by atoms with Gasteiger partial charge in [-0.25, -0.2) is 23.2 Å². The molecule has 1 heterocycles. The van der Waals surface area contributed by atoms with E-state index in [9.17, 15) is 13.2 Å². The molecule has 2 aromatic rings. The molecule has 0 aliphatic heterocycles. The van der Waals surface area contributed by atoms with Gasteiger partial charge in [-0.3, -0.25) is 0 Å². The van der Waals surface area contributed by atoms with Crippen molar-refractivity contribution >= 4 is 27.4 Å². The van der Waals surface area contributed by atoms with Crippen molar-refractivity contribution in [2.75, 3.05) is 17.3 Å². The Kier molecular flexibility index (Phi) is 4.49. The van der Waals surface area contributed by atoms with E-state index >= 15 is 0 Å². The van der Waals surface area contributed by atoms with Crippen LogP contribution in [0.25, 0.3) is 11.4 Å². The topological polar surface area (TPSA) is 127 Å². The Bertz CT molecular complexity index is 1010. The summed E-state index contributed by atoms with van der Waals surface area (Å²) in [6.45, 7) is 0. The minimum atomic E-state index is -3.32. The molecular formula is C19H23N5O3S. The predicted molar refractivity (Wildman–Crippen MR) is 107 cm³/mol. The molecule has 2 amide bonds. The first-order valence-electron chi connectivity index (χ1n) is 9.29. The van der Waals surface area contributed by atoms with E-state index in [0.717, 1.165) is 19.3 Å². The number of amides is 2. The zero-order chi connectivity index (χ0) is 19.9. The molecule has 2 saturated carbocycles. The van der Waals surface area contributed by atoms with Crippen LogP contribution in [-0.4, -0.2) is 36.7 Å². The van der Waals surface area contributed by atoms with Crippen molar-refractivity contribution in [2.45, 2.75) is 42.9 Å². The average molecular weight is 401 g/mol. The number of nitrogens with one attached hydrogen (secondary N) is 2. The fraction of sp³-hybridized carbons (Fsp3) is 0.421. The number of nitrogen functional groups attached to an aromatic ring is 1. The Hall–Kier alpha value is -2.68. The lowest BCUT2D eigenvalue weighted by atomic mass is 9.81. The van der Waals surface area contributed by atoms with E-state index in [1.807, 2.05) is 0 Å². The number of urea groups is 1. The monoisotopic (exact) mass is 401 g/mol. The average Bonchev–Trinajstić information content (AvgIpc) is 3.36. The third-order valence-electron chi connectivity index (χ3n) is 5.40. The van der Waals surface area contributed by atoms with Gasteiger partial charge in [-0.15, -0.1) is 0 Å². The highest BCUT2D eigenvalue weighted by molar-refractivity contribution is 7.91. The third-order valence-corrected chi connectivity index (χ3v) is 7.43. The van der Waals surface area contributed by atoms with Crippen molar-refractivity contribution < 1.29 is 13.2 Å². The van der Waals surface area contributed by atoms with E-state index in [-0.39, 0.29) is 17.9 Å². The fourth-order valence-electron chi connectivity index (χ4n) is 3.43. The van der Waals surface area contributed by atoms with Gasteiger partial charge >= 0.3 is 6.03 Å². The van der Waals surface area contributed by atoms with Gasteiger partial charge in [-0.2, -0.15) is 0 Å². The smallest absolute Gasteiger partial charge is 0.319 e. The zero-order valence-electron chi connectivity index (χ0n) is 15.6. The quantitative estimate of drug-likeness (QED) is 0.706. The van der Waals surface area contributed by atoms with Crippen LogP contribution in [0.15, 0.2) is 30.3 Å². The minimum absolute atomic E-state index is 0.224. The van der Waals surface area contributed by atoms with Gasteiger partial charge in [-0.05, 0) is 56.4 Å². The zero-order valence-corrected chi connectivity index (χ0v) is 16.4. The van der Waals surface area contributed by atoms with E-state index in [1.54, 1.807) is 30.3 Å². The van der Waals surface area contributed by atoms with Crippen LogP contribution in [0.3, 0.4) is 0 Å². The number of carbonyl (C=O) groups is 1. The van der Waals surface area contributed by atoms with Gasteiger partial charge in [0.2, 0.25) is 0 Å². The van der Waals surface area contributed by atoms with Gasteiger partial charge in [0.1, 0.15) is 10.6 Å². The normalized spacial score (nSPS) is 18.2. The van der Waals surface area contributed by atoms with Crippen molar-refractivity contribution in [1.82, 2.24) is 15.3 Å². The van der Waals surface area contributed by atoms with Gasteiger partial charge in [-0.1, -0.05) is 0 Å². The number of rotatable bonds is 5. The second-order valence-electron chi connectivity index (χ2n) is 7.57. The second kappa shape index (κ2) is 6.73. The van der Waals surface area contributed by atoms with Crippen LogP contribution in [0.2, 0.25) is 0 Å². The fourth-order valence-corrected chi connectivity index (χ4v) is 4.94. The first kappa shape index (κ1) is 18.7. The molecular weight excluding hydrogens is 378 g/mol. The lowest BCUT2D eigenvalue weighted by Crippen LogP contribution is -2.42. The van der Waals surface area contributed by atoms with E-state index in [4.69, 9.17) is 5.73 Å². The predicted octanol–water partition coefficient (Wildman–Crippen LogP) is 2.43. The van der Waals surface area contributed by atoms with Gasteiger partial charge in [0.25, 0.3) is 0 Å². The molecule has 0 atom stereocenters. The summed E-state index contributed by atoms with van der Waals surface area (Å²) in [5, 5.41) is 5.64. The Morgan fingerprint density at radius 1 is 1.18 bits per heavy atom. The second-order valence-corrected chi connectivity index (χ2v) is 9.90. The van der Waals surface area contributed by atoms with Crippen LogP contribution in [-0.2, 0) is 14.6 Å². The Balaban J connectivity index is 1.59. The number of nitrogens with two attached hydrogens (primary N) is 1. The summed E-state index contributed by atoms with van der Waals surface area (Å²) in [6.07, 6.45) is 5.22. The number of aromatic nitrogens is 2. The summed E-state index contributed by atoms with van der Waals surface area (Å²) in [5.41, 5.74) is 7.76. The molecule has 148 valence electrons. The highest BCUT2D eigenvalue weighted by Gasteiger charge is 2.49. The van der Waals surface area contributed by atoms with Gasteiger partial charge < -0.3 is 16.4 Å². The largest absolute Gasteiger partial charge is 0.384 e. The van der Waals surface area contributed by atoms with Gasteiger partial charge in [0, 0.05) is 29.6 Å². The highest BCUT2D eigenvalue weighted by Crippen LogP contribution is 2.47. The number of hydrogen-bond acceptors (Lipinski definition) is 6. The molecule has 0 unspecified atom stereocenters. The molecule has 9 heteroatoms. The Labute approximate surface area is 163 Å². The number of carbonyl (C=O) groups excluding carboxylic acids is 1. The molecule has 2 aliphatic carbocycles. The molecule has 1 aromatic heterocycles. The lowest BCUT2D eigenvalue weighted by Gasteiger charge is -2.39. The summed E-state index contributed by atoms with van der Waals surface area (Å²) in [6, 6.07) is 8.68. The van der Waals surface area contributed by atoms with Crippen LogP contribution in [0, 0.1) is 0 Å². The SMILES string of the molecule is CS(=O)(=O)C1(c2cc(N)nc(-c3ccc(NC(=O)NC4CC4)cc3)n2)CCC1. The molecule has 0 radical (unpaired) electrons. The van der Waals surface area contributed by atoms with Crippen LogP contribution < -0.4 is 16.4 Å². The van der Waals surface area contributed by atoms with Crippen molar-refractivity contribution in [1.29, 1.82) is 0 Å². The van der Waals surface area contributed by atoms with E-state index in [0.29, 0.717) is 35.6 Å². The van der Waals surface area contributed by atoms with E-state index in [1.165, 1.54) is 6.26 Å². The molecule has 0 bridgehead atoms. The van der Waals surface area contributed by atoms with Crippen LogP contribution in [0.5, 0.6) is 0 Å². The van der Waals surface area contributed by atoms with Gasteiger partial charge in [0.15, 0.2) is 15.7 Å².